The number of hydrogen-bond acceptors (Lipinski definition) is 6. The topological polar surface area (TPSA) is 74.9 Å². The van der Waals surface area contributed by atoms with Crippen LogP contribution in [0.1, 0.15) is 0 Å². The van der Waals surface area contributed by atoms with Crippen LogP contribution in [0.5, 0.6) is 0 Å². The lowest BCUT2D eigenvalue weighted by atomic mass is 10.4. The fourth-order valence-electron chi connectivity index (χ4n) is 1.51. The second-order valence-electron chi connectivity index (χ2n) is 3.60. The van der Waals surface area contributed by atoms with E-state index in [2.05, 4.69) is 9.97 Å². The highest BCUT2D eigenvalue weighted by Crippen LogP contribution is 2.38. The van der Waals surface area contributed by atoms with Gasteiger partial charge in [-0.3, -0.25) is 10.1 Å². The van der Waals surface area contributed by atoms with Crippen LogP contribution < -0.4 is 9.80 Å². The number of rotatable bonds is 3. The van der Waals surface area contributed by atoms with Crippen LogP contribution >= 0.6 is 0 Å². The van der Waals surface area contributed by atoms with Gasteiger partial charge < -0.3 is 9.80 Å². The lowest BCUT2D eigenvalue weighted by Gasteiger charge is -2.06. The third-order valence-corrected chi connectivity index (χ3v) is 2.46. The molecule has 3 heterocycles. The van der Waals surface area contributed by atoms with Crippen molar-refractivity contribution in [2.75, 3.05) is 36.0 Å². The van der Waals surface area contributed by atoms with Crippen LogP contribution in [0.25, 0.3) is 0 Å². The number of hydrogen-bond donors (Lipinski definition) is 0. The van der Waals surface area contributed by atoms with Crippen LogP contribution in [0.4, 0.5) is 17.3 Å². The predicted octanol–water partition coefficient (Wildman–Crippen LogP) is 0.0248. The van der Waals surface area contributed by atoms with E-state index in [0.717, 1.165) is 26.2 Å². The molecule has 0 spiro atoms. The number of aromatic nitrogens is 2. The first-order chi connectivity index (χ1) is 7.27. The normalized spacial score (nSPS) is 17.9. The van der Waals surface area contributed by atoms with Gasteiger partial charge in [0.25, 0.3) is 0 Å². The van der Waals surface area contributed by atoms with Crippen molar-refractivity contribution < 1.29 is 4.92 Å². The maximum atomic E-state index is 11.0. The summed E-state index contributed by atoms with van der Waals surface area (Å²) in [5.74, 6) is 0.911. The van der Waals surface area contributed by atoms with E-state index in [9.17, 15) is 10.1 Å². The quantitative estimate of drug-likeness (QED) is 0.395. The minimum Gasteiger partial charge on any atom is -0.347 e. The van der Waals surface area contributed by atoms with Gasteiger partial charge in [-0.15, -0.1) is 0 Å². The standard InChI is InChI=1S/C8H9N5O2/c14-13(15)6-7(11-1-2-11)9-5-10-8(6)12-3-4-12/h5H,1-4H2. The Bertz CT molecular complexity index is 397. The zero-order chi connectivity index (χ0) is 10.4. The maximum absolute atomic E-state index is 11.0. The SMILES string of the molecule is O=[N+]([O-])c1c(N2CC2)ncnc1N1CC1. The first-order valence-corrected chi connectivity index (χ1v) is 4.76. The van der Waals surface area contributed by atoms with Crippen LogP contribution in [0.15, 0.2) is 6.33 Å². The molecule has 2 saturated heterocycles. The Labute approximate surface area is 85.5 Å². The molecule has 2 aliphatic rings. The van der Waals surface area contributed by atoms with E-state index in [-0.39, 0.29) is 10.6 Å². The zero-order valence-corrected chi connectivity index (χ0v) is 7.96. The smallest absolute Gasteiger partial charge is 0.347 e. The van der Waals surface area contributed by atoms with Crippen molar-refractivity contribution in [3.63, 3.8) is 0 Å². The molecule has 78 valence electrons. The highest BCUT2D eigenvalue weighted by molar-refractivity contribution is 5.74. The molecule has 0 amide bonds. The molecule has 2 fully saturated rings. The molecular weight excluding hydrogens is 198 g/mol. The van der Waals surface area contributed by atoms with E-state index in [1.165, 1.54) is 6.33 Å². The van der Waals surface area contributed by atoms with Gasteiger partial charge in [0, 0.05) is 26.2 Å². The summed E-state index contributed by atoms with van der Waals surface area (Å²) >= 11 is 0. The van der Waals surface area contributed by atoms with E-state index in [1.807, 2.05) is 9.80 Å². The number of anilines is 2. The van der Waals surface area contributed by atoms with Gasteiger partial charge >= 0.3 is 5.69 Å². The Kier molecular flexibility index (Phi) is 1.56. The van der Waals surface area contributed by atoms with Gasteiger partial charge in [-0.05, 0) is 0 Å². The third kappa shape index (κ3) is 1.36. The molecule has 3 rings (SSSR count). The Balaban J connectivity index is 2.12. The second-order valence-corrected chi connectivity index (χ2v) is 3.60. The summed E-state index contributed by atoms with van der Waals surface area (Å²) in [7, 11) is 0. The molecular formula is C8H9N5O2. The molecule has 0 N–H and O–H groups in total. The monoisotopic (exact) mass is 207 g/mol. The van der Waals surface area contributed by atoms with Gasteiger partial charge in [0.2, 0.25) is 11.6 Å². The van der Waals surface area contributed by atoms with Gasteiger partial charge in [0.1, 0.15) is 6.33 Å². The van der Waals surface area contributed by atoms with Gasteiger partial charge in [-0.1, -0.05) is 0 Å². The van der Waals surface area contributed by atoms with Crippen LogP contribution in [0, 0.1) is 10.1 Å². The Morgan fingerprint density at radius 3 is 1.93 bits per heavy atom. The minimum absolute atomic E-state index is 0.0486. The molecule has 0 saturated carbocycles. The highest BCUT2D eigenvalue weighted by atomic mass is 16.6. The Morgan fingerprint density at radius 1 is 1.13 bits per heavy atom. The van der Waals surface area contributed by atoms with Crippen LogP contribution in [0.3, 0.4) is 0 Å². The first kappa shape index (κ1) is 8.39. The van der Waals surface area contributed by atoms with Crippen molar-refractivity contribution in [3.05, 3.63) is 16.4 Å². The summed E-state index contributed by atoms with van der Waals surface area (Å²) in [5.41, 5.74) is 0.0486. The van der Waals surface area contributed by atoms with Gasteiger partial charge in [0.05, 0.1) is 4.92 Å². The van der Waals surface area contributed by atoms with Crippen molar-refractivity contribution >= 4 is 17.3 Å². The van der Waals surface area contributed by atoms with E-state index >= 15 is 0 Å². The molecule has 1 aromatic heterocycles. The average Bonchev–Trinajstić information content (AvgIpc) is 3.07. The van der Waals surface area contributed by atoms with Crippen LogP contribution in [0.2, 0.25) is 0 Å². The van der Waals surface area contributed by atoms with Crippen molar-refractivity contribution in [3.8, 4) is 0 Å². The lowest BCUT2D eigenvalue weighted by Crippen LogP contribution is -2.07. The summed E-state index contributed by atoms with van der Waals surface area (Å²) in [4.78, 5) is 22.3. The molecule has 1 aromatic rings. The van der Waals surface area contributed by atoms with Gasteiger partial charge in [0.15, 0.2) is 0 Å². The summed E-state index contributed by atoms with van der Waals surface area (Å²) in [6.45, 7) is 3.38. The largest absolute Gasteiger partial charge is 0.353 e. The molecule has 0 unspecified atom stereocenters. The van der Waals surface area contributed by atoms with Crippen LogP contribution in [-0.2, 0) is 0 Å². The number of nitrogens with zero attached hydrogens (tertiary/aromatic N) is 5. The average molecular weight is 207 g/mol. The molecule has 15 heavy (non-hydrogen) atoms. The summed E-state index contributed by atoms with van der Waals surface area (Å²) in [6, 6.07) is 0. The molecule has 0 atom stereocenters. The summed E-state index contributed by atoms with van der Waals surface area (Å²) in [6.07, 6.45) is 1.40. The fourth-order valence-corrected chi connectivity index (χ4v) is 1.51. The minimum atomic E-state index is -0.388. The zero-order valence-electron chi connectivity index (χ0n) is 7.96. The molecule has 7 heteroatoms. The molecule has 0 aliphatic carbocycles. The van der Waals surface area contributed by atoms with Crippen LogP contribution in [-0.4, -0.2) is 41.1 Å². The first-order valence-electron chi connectivity index (χ1n) is 4.76. The second kappa shape index (κ2) is 2.78. The van der Waals surface area contributed by atoms with Crippen molar-refractivity contribution in [1.29, 1.82) is 0 Å². The fraction of sp³-hybridized carbons (Fsp3) is 0.500. The molecule has 0 radical (unpaired) electrons. The molecule has 7 nitrogen and oxygen atoms in total. The van der Waals surface area contributed by atoms with Crippen molar-refractivity contribution in [2.24, 2.45) is 0 Å². The van der Waals surface area contributed by atoms with Crippen molar-refractivity contribution in [1.82, 2.24) is 9.97 Å². The Hall–Kier alpha value is -1.92. The van der Waals surface area contributed by atoms with E-state index in [4.69, 9.17) is 0 Å². The summed E-state index contributed by atoms with van der Waals surface area (Å²) in [5, 5.41) is 11.0. The molecule has 2 aliphatic heterocycles. The molecule has 0 bridgehead atoms. The maximum Gasteiger partial charge on any atom is 0.353 e. The highest BCUT2D eigenvalue weighted by Gasteiger charge is 2.36. The number of nitro groups is 1. The third-order valence-electron chi connectivity index (χ3n) is 2.46. The predicted molar refractivity (Wildman–Crippen MR) is 53.1 cm³/mol. The Morgan fingerprint density at radius 2 is 1.60 bits per heavy atom. The van der Waals surface area contributed by atoms with Gasteiger partial charge in [-0.2, -0.15) is 0 Å². The summed E-state index contributed by atoms with van der Waals surface area (Å²) < 4.78 is 0. The lowest BCUT2D eigenvalue weighted by molar-refractivity contribution is -0.383. The van der Waals surface area contributed by atoms with E-state index < -0.39 is 0 Å². The van der Waals surface area contributed by atoms with Crippen molar-refractivity contribution in [2.45, 2.75) is 0 Å². The van der Waals surface area contributed by atoms with E-state index in [1.54, 1.807) is 0 Å². The molecule has 0 aromatic carbocycles. The van der Waals surface area contributed by atoms with E-state index in [0.29, 0.717) is 11.6 Å². The van der Waals surface area contributed by atoms with Gasteiger partial charge in [-0.25, -0.2) is 9.97 Å².